The molecule has 1 saturated heterocycles. The highest BCUT2D eigenvalue weighted by Gasteiger charge is 2.34. The molecule has 2 aromatic carbocycles. The third-order valence-corrected chi connectivity index (χ3v) is 4.73. The number of anilines is 2. The van der Waals surface area contributed by atoms with Crippen molar-refractivity contribution in [3.8, 4) is 0 Å². The Morgan fingerprint density at radius 2 is 1.85 bits per heavy atom. The number of hydrogen-bond donors (Lipinski definition) is 2. The fourth-order valence-corrected chi connectivity index (χ4v) is 3.07. The Labute approximate surface area is 159 Å². The van der Waals surface area contributed by atoms with Crippen LogP contribution in [0.1, 0.15) is 11.1 Å². The van der Waals surface area contributed by atoms with Crippen LogP contribution >= 0.6 is 0 Å². The van der Waals surface area contributed by atoms with Crippen LogP contribution in [0, 0.1) is 12.8 Å². The summed E-state index contributed by atoms with van der Waals surface area (Å²) in [6.45, 7) is 3.24. The number of nitrogens with one attached hydrogen (secondary N) is 1. The van der Waals surface area contributed by atoms with Crippen molar-refractivity contribution in [2.75, 3.05) is 31.2 Å². The number of ether oxygens (including phenoxy) is 1. The molecule has 6 nitrogen and oxygen atoms in total. The fourth-order valence-electron chi connectivity index (χ4n) is 3.07. The van der Waals surface area contributed by atoms with Crippen LogP contribution in [0.15, 0.2) is 48.5 Å². The van der Waals surface area contributed by atoms with Crippen LogP contribution in [0.4, 0.5) is 11.4 Å². The van der Waals surface area contributed by atoms with Gasteiger partial charge in [-0.2, -0.15) is 0 Å². The highest BCUT2D eigenvalue weighted by Crippen LogP contribution is 2.21. The number of nitrogens with two attached hydrogens (primary N) is 1. The molecule has 0 unspecified atom stereocenters. The van der Waals surface area contributed by atoms with Gasteiger partial charge in [-0.15, -0.1) is 0 Å². The van der Waals surface area contributed by atoms with E-state index in [0.717, 1.165) is 11.1 Å². The molecule has 0 amide bonds. The number of esters is 2. The molecular formula is C21H25N3O3. The van der Waals surface area contributed by atoms with E-state index >= 15 is 0 Å². The maximum Gasteiger partial charge on any atom is 0.336 e. The molecule has 27 heavy (non-hydrogen) atoms. The van der Waals surface area contributed by atoms with Crippen molar-refractivity contribution in [3.63, 3.8) is 0 Å². The SMILES string of the molecule is Cc1ccc(C[C@H](Nc2ccccc2N)C(=O)OC(=O)C2CN(C)C2)cc1. The lowest BCUT2D eigenvalue weighted by Crippen LogP contribution is -2.49. The number of benzene rings is 2. The Hall–Kier alpha value is -2.86. The number of nitrogen functional groups attached to an aromatic ring is 1. The zero-order valence-corrected chi connectivity index (χ0v) is 15.6. The minimum absolute atomic E-state index is 0.235. The number of rotatable bonds is 6. The van der Waals surface area contributed by atoms with Gasteiger partial charge in [0.15, 0.2) is 0 Å². The number of carbonyl (C=O) groups is 2. The molecule has 1 aliphatic heterocycles. The van der Waals surface area contributed by atoms with E-state index in [0.29, 0.717) is 30.9 Å². The molecule has 1 fully saturated rings. The van der Waals surface area contributed by atoms with Crippen molar-refractivity contribution < 1.29 is 14.3 Å². The first-order valence-electron chi connectivity index (χ1n) is 9.03. The molecule has 6 heteroatoms. The Morgan fingerprint density at radius 3 is 2.48 bits per heavy atom. The molecule has 0 spiro atoms. The summed E-state index contributed by atoms with van der Waals surface area (Å²) in [7, 11) is 1.92. The van der Waals surface area contributed by atoms with Gasteiger partial charge in [-0.1, -0.05) is 42.0 Å². The third-order valence-electron chi connectivity index (χ3n) is 4.73. The highest BCUT2D eigenvalue weighted by molar-refractivity contribution is 5.92. The van der Waals surface area contributed by atoms with Gasteiger partial charge in [0.1, 0.15) is 6.04 Å². The van der Waals surface area contributed by atoms with E-state index in [9.17, 15) is 9.59 Å². The second-order valence-electron chi connectivity index (χ2n) is 7.13. The standard InChI is InChI=1S/C21H25N3O3/c1-14-7-9-15(10-8-14)11-19(23-18-6-4-3-5-17(18)22)21(26)27-20(25)16-12-24(2)13-16/h3-10,16,19,23H,11-13,22H2,1-2H3/t19-/m0/s1. The number of hydrogen-bond acceptors (Lipinski definition) is 6. The second kappa shape index (κ2) is 8.22. The van der Waals surface area contributed by atoms with Gasteiger partial charge in [-0.05, 0) is 31.7 Å². The Bertz CT molecular complexity index is 814. The second-order valence-corrected chi connectivity index (χ2v) is 7.13. The van der Waals surface area contributed by atoms with Crippen LogP contribution in [0.3, 0.4) is 0 Å². The fraction of sp³-hybridized carbons (Fsp3) is 0.333. The summed E-state index contributed by atoms with van der Waals surface area (Å²) in [5.41, 5.74) is 9.28. The maximum atomic E-state index is 12.7. The summed E-state index contributed by atoms with van der Waals surface area (Å²) in [6.07, 6.45) is 0.394. The predicted octanol–water partition coefficient (Wildman–Crippen LogP) is 2.23. The first-order valence-corrected chi connectivity index (χ1v) is 9.03. The van der Waals surface area contributed by atoms with Gasteiger partial charge in [-0.3, -0.25) is 4.79 Å². The average molecular weight is 367 g/mol. The van der Waals surface area contributed by atoms with Gasteiger partial charge >= 0.3 is 11.9 Å². The molecule has 3 rings (SSSR count). The Balaban J connectivity index is 1.73. The summed E-state index contributed by atoms with van der Waals surface area (Å²) in [5.74, 6) is -1.28. The van der Waals surface area contributed by atoms with E-state index < -0.39 is 18.0 Å². The molecule has 0 radical (unpaired) electrons. The van der Waals surface area contributed by atoms with E-state index in [2.05, 4.69) is 5.32 Å². The van der Waals surface area contributed by atoms with Gasteiger partial charge in [0.2, 0.25) is 0 Å². The van der Waals surface area contributed by atoms with E-state index in [1.807, 2.05) is 55.3 Å². The van der Waals surface area contributed by atoms with Crippen molar-refractivity contribution in [1.82, 2.24) is 4.90 Å². The topological polar surface area (TPSA) is 84.7 Å². The zero-order valence-electron chi connectivity index (χ0n) is 15.6. The van der Waals surface area contributed by atoms with Crippen LogP contribution in [-0.4, -0.2) is 43.0 Å². The number of nitrogens with zero attached hydrogens (tertiary/aromatic N) is 1. The third kappa shape index (κ3) is 4.86. The monoisotopic (exact) mass is 367 g/mol. The van der Waals surface area contributed by atoms with Gasteiger partial charge in [-0.25, -0.2) is 4.79 Å². The largest absolute Gasteiger partial charge is 0.397 e. The number of aryl methyl sites for hydroxylation is 1. The first kappa shape index (κ1) is 18.9. The molecular weight excluding hydrogens is 342 g/mol. The Morgan fingerprint density at radius 1 is 1.19 bits per heavy atom. The summed E-state index contributed by atoms with van der Waals surface area (Å²) >= 11 is 0. The van der Waals surface area contributed by atoms with Gasteiger partial charge < -0.3 is 20.7 Å². The van der Waals surface area contributed by atoms with E-state index in [1.165, 1.54) is 0 Å². The summed E-state index contributed by atoms with van der Waals surface area (Å²) in [4.78, 5) is 26.9. The smallest absolute Gasteiger partial charge is 0.336 e. The lowest BCUT2D eigenvalue weighted by atomic mass is 10.0. The van der Waals surface area contributed by atoms with Gasteiger partial charge in [0, 0.05) is 19.5 Å². The molecule has 3 N–H and O–H groups in total. The van der Waals surface area contributed by atoms with Gasteiger partial charge in [0.25, 0.3) is 0 Å². The normalized spacial score (nSPS) is 15.6. The highest BCUT2D eigenvalue weighted by atomic mass is 16.6. The predicted molar refractivity (Wildman–Crippen MR) is 105 cm³/mol. The molecule has 0 aromatic heterocycles. The van der Waals surface area contributed by atoms with Gasteiger partial charge in [0.05, 0.1) is 17.3 Å². The minimum Gasteiger partial charge on any atom is -0.397 e. The molecule has 1 atom stereocenters. The summed E-state index contributed by atoms with van der Waals surface area (Å²) in [6, 6.07) is 14.4. The quantitative estimate of drug-likeness (QED) is 0.463. The summed E-state index contributed by atoms with van der Waals surface area (Å²) in [5, 5.41) is 3.14. The Kier molecular flexibility index (Phi) is 5.76. The number of carbonyl (C=O) groups excluding carboxylic acids is 2. The van der Waals surface area contributed by atoms with Crippen LogP contribution in [-0.2, 0) is 20.7 Å². The van der Waals surface area contributed by atoms with Crippen molar-refractivity contribution >= 4 is 23.3 Å². The maximum absolute atomic E-state index is 12.7. The molecule has 142 valence electrons. The van der Waals surface area contributed by atoms with Crippen molar-refractivity contribution in [3.05, 3.63) is 59.7 Å². The van der Waals surface area contributed by atoms with E-state index in [1.54, 1.807) is 12.1 Å². The molecule has 0 bridgehead atoms. The summed E-state index contributed by atoms with van der Waals surface area (Å²) < 4.78 is 5.16. The van der Waals surface area contributed by atoms with Crippen molar-refractivity contribution in [2.45, 2.75) is 19.4 Å². The van der Waals surface area contributed by atoms with Crippen LogP contribution in [0.5, 0.6) is 0 Å². The minimum atomic E-state index is -0.709. The molecule has 1 heterocycles. The zero-order chi connectivity index (χ0) is 19.4. The average Bonchev–Trinajstić information content (AvgIpc) is 2.62. The lowest BCUT2D eigenvalue weighted by Gasteiger charge is -2.34. The lowest BCUT2D eigenvalue weighted by molar-refractivity contribution is -0.166. The number of para-hydroxylation sites is 2. The van der Waals surface area contributed by atoms with Crippen molar-refractivity contribution in [2.24, 2.45) is 5.92 Å². The first-order chi connectivity index (χ1) is 12.9. The molecule has 0 aliphatic carbocycles. The van der Waals surface area contributed by atoms with E-state index in [4.69, 9.17) is 10.5 Å². The number of likely N-dealkylation sites (tertiary alicyclic amines) is 1. The molecule has 1 aliphatic rings. The molecule has 2 aromatic rings. The van der Waals surface area contributed by atoms with E-state index in [-0.39, 0.29) is 5.92 Å². The van der Waals surface area contributed by atoms with Crippen LogP contribution in [0.25, 0.3) is 0 Å². The van der Waals surface area contributed by atoms with Crippen molar-refractivity contribution in [1.29, 1.82) is 0 Å². The van der Waals surface area contributed by atoms with Crippen LogP contribution < -0.4 is 11.1 Å². The van der Waals surface area contributed by atoms with Crippen LogP contribution in [0.2, 0.25) is 0 Å². The molecule has 0 saturated carbocycles.